The van der Waals surface area contributed by atoms with Gasteiger partial charge in [0.15, 0.2) is 0 Å². The van der Waals surface area contributed by atoms with Crippen molar-refractivity contribution in [2.45, 2.75) is 4.90 Å². The maximum Gasteiger partial charge on any atom is 0.241 e. The lowest BCUT2D eigenvalue weighted by atomic mass is 10.3. The van der Waals surface area contributed by atoms with Crippen LogP contribution in [0.15, 0.2) is 23.1 Å². The van der Waals surface area contributed by atoms with Crippen LogP contribution in [0.5, 0.6) is 5.75 Å². The Balaban J connectivity index is 2.89. The van der Waals surface area contributed by atoms with E-state index >= 15 is 0 Å². The first kappa shape index (κ1) is 15.3. The summed E-state index contributed by atoms with van der Waals surface area (Å²) < 4.78 is 31.0. The minimum absolute atomic E-state index is 0.0163. The Morgan fingerprint density at radius 1 is 1.42 bits per heavy atom. The molecule has 0 spiro atoms. The van der Waals surface area contributed by atoms with Gasteiger partial charge in [-0.25, -0.2) is 13.1 Å². The fraction of sp³-hybridized carbons (Fsp3) is 0.364. The van der Waals surface area contributed by atoms with Crippen molar-refractivity contribution in [3.8, 4) is 5.75 Å². The average molecular weight is 287 g/mol. The van der Waals surface area contributed by atoms with E-state index in [0.29, 0.717) is 5.75 Å². The summed E-state index contributed by atoms with van der Waals surface area (Å²) in [5, 5.41) is 0. The van der Waals surface area contributed by atoms with E-state index < -0.39 is 10.0 Å². The topological polar surface area (TPSA) is 102 Å². The third-order valence-electron chi connectivity index (χ3n) is 2.42. The zero-order chi connectivity index (χ0) is 14.6. The summed E-state index contributed by atoms with van der Waals surface area (Å²) in [6.45, 7) is -0.304. The summed E-state index contributed by atoms with van der Waals surface area (Å²) in [7, 11) is 0.756. The number of nitrogens with one attached hydrogen (secondary N) is 1. The Morgan fingerprint density at radius 3 is 2.53 bits per heavy atom. The summed E-state index contributed by atoms with van der Waals surface area (Å²) in [5.41, 5.74) is 5.85. The molecule has 3 N–H and O–H groups in total. The van der Waals surface area contributed by atoms with Crippen LogP contribution in [0.2, 0.25) is 0 Å². The van der Waals surface area contributed by atoms with Crippen molar-refractivity contribution in [1.82, 2.24) is 9.62 Å². The Kier molecular flexibility index (Phi) is 4.73. The van der Waals surface area contributed by atoms with Crippen LogP contribution in [-0.2, 0) is 14.8 Å². The fourth-order valence-corrected chi connectivity index (χ4v) is 2.29. The monoisotopic (exact) mass is 287 g/mol. The van der Waals surface area contributed by atoms with Crippen LogP contribution >= 0.6 is 0 Å². The summed E-state index contributed by atoms with van der Waals surface area (Å²) in [6, 6.07) is 4.09. The molecule has 0 saturated carbocycles. The number of hydrogen-bond acceptors (Lipinski definition) is 5. The number of rotatable bonds is 5. The van der Waals surface area contributed by atoms with Crippen molar-refractivity contribution in [2.24, 2.45) is 0 Å². The number of benzene rings is 1. The number of nitrogens with two attached hydrogens (primary N) is 1. The SMILES string of the molecule is COc1ccc(S(=O)(=O)NCC(=O)N(C)C)cc1N. The molecule has 1 aromatic carbocycles. The van der Waals surface area contributed by atoms with Crippen LogP contribution in [0.25, 0.3) is 0 Å². The van der Waals surface area contributed by atoms with Crippen LogP contribution in [0, 0.1) is 0 Å². The van der Waals surface area contributed by atoms with Crippen molar-refractivity contribution >= 4 is 21.6 Å². The largest absolute Gasteiger partial charge is 0.495 e. The van der Waals surface area contributed by atoms with Gasteiger partial charge < -0.3 is 15.4 Å². The molecule has 0 aromatic heterocycles. The number of nitrogens with zero attached hydrogens (tertiary/aromatic N) is 1. The zero-order valence-corrected chi connectivity index (χ0v) is 11.8. The minimum Gasteiger partial charge on any atom is -0.495 e. The zero-order valence-electron chi connectivity index (χ0n) is 11.0. The number of anilines is 1. The Hall–Kier alpha value is -1.80. The predicted molar refractivity (Wildman–Crippen MR) is 71.3 cm³/mol. The smallest absolute Gasteiger partial charge is 0.241 e. The molecular weight excluding hydrogens is 270 g/mol. The summed E-state index contributed by atoms with van der Waals surface area (Å²) >= 11 is 0. The number of amides is 1. The first-order valence-corrected chi connectivity index (χ1v) is 6.89. The van der Waals surface area contributed by atoms with E-state index in [9.17, 15) is 13.2 Å². The van der Waals surface area contributed by atoms with Gasteiger partial charge in [-0.1, -0.05) is 0 Å². The summed E-state index contributed by atoms with van der Waals surface area (Å²) in [6.07, 6.45) is 0. The molecule has 0 saturated heterocycles. The van der Waals surface area contributed by atoms with E-state index in [-0.39, 0.29) is 23.0 Å². The van der Waals surface area contributed by atoms with E-state index in [1.165, 1.54) is 30.2 Å². The van der Waals surface area contributed by atoms with E-state index in [0.717, 1.165) is 0 Å². The molecule has 0 aliphatic rings. The second kappa shape index (κ2) is 5.89. The van der Waals surface area contributed by atoms with Crippen LogP contribution in [0.3, 0.4) is 0 Å². The van der Waals surface area contributed by atoms with E-state index in [1.54, 1.807) is 14.1 Å². The van der Waals surface area contributed by atoms with Crippen LogP contribution in [0.1, 0.15) is 0 Å². The van der Waals surface area contributed by atoms with Crippen LogP contribution < -0.4 is 15.2 Å². The van der Waals surface area contributed by atoms with Gasteiger partial charge >= 0.3 is 0 Å². The lowest BCUT2D eigenvalue weighted by molar-refractivity contribution is -0.127. The molecule has 0 radical (unpaired) electrons. The quantitative estimate of drug-likeness (QED) is 0.720. The second-order valence-corrected chi connectivity index (χ2v) is 5.78. The molecule has 0 fully saturated rings. The molecular formula is C11H17N3O4S. The van der Waals surface area contributed by atoms with Crippen molar-refractivity contribution in [3.63, 3.8) is 0 Å². The van der Waals surface area contributed by atoms with Crippen molar-refractivity contribution < 1.29 is 17.9 Å². The molecule has 0 unspecified atom stereocenters. The molecule has 1 amide bonds. The van der Waals surface area contributed by atoms with Gasteiger partial charge in [-0.05, 0) is 18.2 Å². The molecule has 8 heteroatoms. The highest BCUT2D eigenvalue weighted by Crippen LogP contribution is 2.24. The van der Waals surface area contributed by atoms with Crippen LogP contribution in [0.4, 0.5) is 5.69 Å². The van der Waals surface area contributed by atoms with Gasteiger partial charge in [0.2, 0.25) is 15.9 Å². The first-order chi connectivity index (χ1) is 8.77. The van der Waals surface area contributed by atoms with E-state index in [1.807, 2.05) is 0 Å². The molecule has 0 atom stereocenters. The molecule has 106 valence electrons. The predicted octanol–water partition coefficient (Wildman–Crippen LogP) is -0.356. The highest BCUT2D eigenvalue weighted by atomic mass is 32.2. The van der Waals surface area contributed by atoms with Crippen molar-refractivity contribution in [1.29, 1.82) is 0 Å². The van der Waals surface area contributed by atoms with Crippen molar-refractivity contribution in [2.75, 3.05) is 33.5 Å². The molecule has 19 heavy (non-hydrogen) atoms. The van der Waals surface area contributed by atoms with Gasteiger partial charge in [0, 0.05) is 14.1 Å². The summed E-state index contributed by atoms with van der Waals surface area (Å²) in [5.74, 6) is 0.0494. The Morgan fingerprint density at radius 2 is 2.05 bits per heavy atom. The molecule has 0 aliphatic heterocycles. The molecule has 1 rings (SSSR count). The Bertz CT molecular complexity index is 569. The number of carbonyl (C=O) groups is 1. The van der Waals surface area contributed by atoms with Gasteiger partial charge in [0.1, 0.15) is 5.75 Å². The first-order valence-electron chi connectivity index (χ1n) is 5.41. The standard InChI is InChI=1S/C11H17N3O4S/c1-14(2)11(15)7-13-19(16,17)8-4-5-10(18-3)9(12)6-8/h4-6,13H,7,12H2,1-3H3. The maximum atomic E-state index is 11.9. The third kappa shape index (κ3) is 3.83. The van der Waals surface area contributed by atoms with E-state index in [2.05, 4.69) is 4.72 Å². The molecule has 0 aliphatic carbocycles. The lowest BCUT2D eigenvalue weighted by Crippen LogP contribution is -2.36. The van der Waals surface area contributed by atoms with Crippen LogP contribution in [-0.4, -0.2) is 47.0 Å². The number of nitrogen functional groups attached to an aromatic ring is 1. The highest BCUT2D eigenvalue weighted by Gasteiger charge is 2.17. The van der Waals surface area contributed by atoms with Crippen molar-refractivity contribution in [3.05, 3.63) is 18.2 Å². The fourth-order valence-electron chi connectivity index (χ4n) is 1.28. The number of ether oxygens (including phenoxy) is 1. The maximum absolute atomic E-state index is 11.9. The summed E-state index contributed by atoms with van der Waals surface area (Å²) in [4.78, 5) is 12.6. The Labute approximate surface area is 112 Å². The number of hydrogen-bond donors (Lipinski definition) is 2. The van der Waals surface area contributed by atoms with Gasteiger partial charge in [-0.15, -0.1) is 0 Å². The number of sulfonamides is 1. The molecule has 7 nitrogen and oxygen atoms in total. The normalized spacial score (nSPS) is 11.1. The number of carbonyl (C=O) groups excluding carboxylic acids is 1. The van der Waals surface area contributed by atoms with E-state index in [4.69, 9.17) is 10.5 Å². The number of likely N-dealkylation sites (N-methyl/N-ethyl adjacent to an activating group) is 1. The van der Waals surface area contributed by atoms with Gasteiger partial charge in [0.25, 0.3) is 0 Å². The highest BCUT2D eigenvalue weighted by molar-refractivity contribution is 7.89. The van der Waals surface area contributed by atoms with Gasteiger partial charge in [0.05, 0.1) is 24.2 Å². The van der Waals surface area contributed by atoms with Gasteiger partial charge in [-0.2, -0.15) is 0 Å². The molecule has 0 heterocycles. The number of methoxy groups -OCH3 is 1. The average Bonchev–Trinajstić information content (AvgIpc) is 2.35. The second-order valence-electron chi connectivity index (χ2n) is 4.02. The third-order valence-corrected chi connectivity index (χ3v) is 3.82. The van der Waals surface area contributed by atoms with Gasteiger partial charge in [-0.3, -0.25) is 4.79 Å². The minimum atomic E-state index is -3.77. The molecule has 0 bridgehead atoms. The lowest BCUT2D eigenvalue weighted by Gasteiger charge is -2.12. The molecule has 1 aromatic rings.